The molecule has 0 amide bonds. The molecule has 1 aliphatic rings. The number of hydrogen-bond acceptors (Lipinski definition) is 6. The molecule has 2 atom stereocenters. The van der Waals surface area contributed by atoms with Crippen LogP contribution in [0.1, 0.15) is 20.8 Å². The quantitative estimate of drug-likeness (QED) is 0.236. The van der Waals surface area contributed by atoms with Gasteiger partial charge in [-0.25, -0.2) is 9.59 Å². The predicted molar refractivity (Wildman–Crippen MR) is 97.3 cm³/mol. The smallest absolute Gasteiger partial charge is 0.372 e. The van der Waals surface area contributed by atoms with Crippen molar-refractivity contribution in [2.75, 3.05) is 14.2 Å². The summed E-state index contributed by atoms with van der Waals surface area (Å²) in [6, 6.07) is 0. The number of hydrogen-bond donors (Lipinski definition) is 0. The largest absolute Gasteiger partial charge is 0.475 e. The third-order valence-electron chi connectivity index (χ3n) is 4.47. The molecular formula is C18H28O6Si. The minimum absolute atomic E-state index is 0.00537. The average Bonchev–Trinajstić information content (AvgIpc) is 2.53. The van der Waals surface area contributed by atoms with E-state index < -0.39 is 32.5 Å². The molecule has 0 spiro atoms. The predicted octanol–water partition coefficient (Wildman–Crippen LogP) is 3.12. The second-order valence-electron chi connectivity index (χ2n) is 7.29. The van der Waals surface area contributed by atoms with Gasteiger partial charge in [0.2, 0.25) is 0 Å². The standard InChI is InChI=1S/C18H28O6Si/c1-12(16(19)21-5)23-13-9-10-15(14(11-13)17(20)22-6)24-25(7,8)18(2,3)4/h9-11,13,15H,1H2,2-8H3/t13-,15-/m0/s1. The Hall–Kier alpha value is -1.86. The van der Waals surface area contributed by atoms with Gasteiger partial charge in [0.1, 0.15) is 6.10 Å². The van der Waals surface area contributed by atoms with Gasteiger partial charge in [0.15, 0.2) is 14.1 Å². The number of carbonyl (C=O) groups is 2. The fourth-order valence-electron chi connectivity index (χ4n) is 1.94. The molecule has 0 aromatic carbocycles. The molecule has 7 heteroatoms. The summed E-state index contributed by atoms with van der Waals surface area (Å²) in [6.45, 7) is 14.1. The number of methoxy groups -OCH3 is 2. The van der Waals surface area contributed by atoms with Crippen molar-refractivity contribution in [1.29, 1.82) is 0 Å². The summed E-state index contributed by atoms with van der Waals surface area (Å²) in [4.78, 5) is 23.6. The maximum atomic E-state index is 12.2. The zero-order chi connectivity index (χ0) is 19.4. The van der Waals surface area contributed by atoms with Crippen LogP contribution >= 0.6 is 0 Å². The first-order valence-electron chi connectivity index (χ1n) is 8.03. The lowest BCUT2D eigenvalue weighted by Gasteiger charge is -2.39. The highest BCUT2D eigenvalue weighted by atomic mass is 28.4. The van der Waals surface area contributed by atoms with Crippen molar-refractivity contribution in [3.63, 3.8) is 0 Å². The lowest BCUT2D eigenvalue weighted by molar-refractivity contribution is -0.140. The van der Waals surface area contributed by atoms with E-state index in [2.05, 4.69) is 45.2 Å². The van der Waals surface area contributed by atoms with E-state index >= 15 is 0 Å². The maximum Gasteiger partial charge on any atom is 0.372 e. The van der Waals surface area contributed by atoms with Crippen LogP contribution in [0.3, 0.4) is 0 Å². The van der Waals surface area contributed by atoms with E-state index in [1.54, 1.807) is 18.2 Å². The molecule has 25 heavy (non-hydrogen) atoms. The Labute approximate surface area is 150 Å². The van der Waals surface area contributed by atoms with Crippen LogP contribution in [0.15, 0.2) is 36.1 Å². The molecular weight excluding hydrogens is 340 g/mol. The van der Waals surface area contributed by atoms with Gasteiger partial charge in [-0.05, 0) is 36.9 Å². The fraction of sp³-hybridized carbons (Fsp3) is 0.556. The average molecular weight is 369 g/mol. The molecule has 0 saturated heterocycles. The van der Waals surface area contributed by atoms with Gasteiger partial charge in [0, 0.05) is 0 Å². The minimum Gasteiger partial charge on any atom is -0.475 e. The Morgan fingerprint density at radius 2 is 1.72 bits per heavy atom. The molecule has 140 valence electrons. The molecule has 0 bridgehead atoms. The second-order valence-corrected chi connectivity index (χ2v) is 12.1. The van der Waals surface area contributed by atoms with Crippen LogP contribution in [0, 0.1) is 0 Å². The summed E-state index contributed by atoms with van der Waals surface area (Å²) in [5.41, 5.74) is 0.345. The van der Waals surface area contributed by atoms with E-state index in [0.717, 1.165) is 0 Å². The lowest BCUT2D eigenvalue weighted by Crippen LogP contribution is -2.45. The Bertz CT molecular complexity index is 597. The highest BCUT2D eigenvalue weighted by molar-refractivity contribution is 6.74. The van der Waals surface area contributed by atoms with Crippen LogP contribution in [0.5, 0.6) is 0 Å². The normalized spacial score (nSPS) is 20.5. The van der Waals surface area contributed by atoms with E-state index in [0.29, 0.717) is 5.57 Å². The van der Waals surface area contributed by atoms with Crippen LogP contribution < -0.4 is 0 Å². The summed E-state index contributed by atoms with van der Waals surface area (Å²) < 4.78 is 21.2. The summed E-state index contributed by atoms with van der Waals surface area (Å²) in [7, 11) is 0.453. The van der Waals surface area contributed by atoms with Gasteiger partial charge >= 0.3 is 11.9 Å². The summed E-state index contributed by atoms with van der Waals surface area (Å²) in [6.07, 6.45) is 3.91. The molecule has 0 aromatic rings. The first-order valence-corrected chi connectivity index (χ1v) is 10.9. The van der Waals surface area contributed by atoms with Crippen molar-refractivity contribution in [3.05, 3.63) is 36.1 Å². The number of carbonyl (C=O) groups excluding carboxylic acids is 2. The molecule has 6 nitrogen and oxygen atoms in total. The van der Waals surface area contributed by atoms with Crippen LogP contribution in [-0.4, -0.2) is 46.7 Å². The van der Waals surface area contributed by atoms with Gasteiger partial charge in [-0.15, -0.1) is 0 Å². The summed E-state index contributed by atoms with van der Waals surface area (Å²) >= 11 is 0. The number of rotatable bonds is 6. The van der Waals surface area contributed by atoms with Crippen molar-refractivity contribution < 1.29 is 28.2 Å². The van der Waals surface area contributed by atoms with Crippen molar-refractivity contribution in [2.45, 2.75) is 51.1 Å². The topological polar surface area (TPSA) is 71.1 Å². The Morgan fingerprint density at radius 3 is 2.20 bits per heavy atom. The van der Waals surface area contributed by atoms with Crippen LogP contribution in [0.2, 0.25) is 18.1 Å². The van der Waals surface area contributed by atoms with E-state index in [4.69, 9.17) is 13.9 Å². The SMILES string of the molecule is C=C(O[C@H]1C=C[C@H](O[Si](C)(C)C(C)(C)C)C(C(=O)OC)=C1)C(=O)OC. The van der Waals surface area contributed by atoms with E-state index in [-0.39, 0.29) is 10.8 Å². The third-order valence-corrected chi connectivity index (χ3v) is 8.92. The monoisotopic (exact) mass is 368 g/mol. The lowest BCUT2D eigenvalue weighted by atomic mass is 10.0. The van der Waals surface area contributed by atoms with E-state index in [1.165, 1.54) is 14.2 Å². The number of ether oxygens (including phenoxy) is 3. The van der Waals surface area contributed by atoms with Crippen molar-refractivity contribution in [3.8, 4) is 0 Å². The fourth-order valence-corrected chi connectivity index (χ4v) is 3.13. The van der Waals surface area contributed by atoms with Crippen molar-refractivity contribution in [1.82, 2.24) is 0 Å². The van der Waals surface area contributed by atoms with Gasteiger partial charge in [-0.3, -0.25) is 0 Å². The first-order chi connectivity index (χ1) is 11.4. The Morgan fingerprint density at radius 1 is 1.12 bits per heavy atom. The molecule has 0 saturated carbocycles. The van der Waals surface area contributed by atoms with Crippen LogP contribution in [0.25, 0.3) is 0 Å². The summed E-state index contributed by atoms with van der Waals surface area (Å²) in [5.74, 6) is -1.30. The highest BCUT2D eigenvalue weighted by Crippen LogP contribution is 2.38. The second kappa shape index (κ2) is 8.01. The number of esters is 2. The third kappa shape index (κ3) is 5.30. The first kappa shape index (κ1) is 21.2. The van der Waals surface area contributed by atoms with E-state index in [1.807, 2.05) is 0 Å². The molecule has 1 rings (SSSR count). The Kier molecular flexibility index (Phi) is 6.79. The molecule has 0 heterocycles. The van der Waals surface area contributed by atoms with Gasteiger partial charge in [-0.1, -0.05) is 26.8 Å². The molecule has 0 radical (unpaired) electrons. The Balaban J connectivity index is 3.02. The zero-order valence-electron chi connectivity index (χ0n) is 16.0. The molecule has 0 aromatic heterocycles. The van der Waals surface area contributed by atoms with Gasteiger partial charge in [0.25, 0.3) is 0 Å². The molecule has 0 unspecified atom stereocenters. The summed E-state index contributed by atoms with van der Waals surface area (Å²) in [5, 5.41) is -0.00537. The van der Waals surface area contributed by atoms with Gasteiger partial charge in [0.05, 0.1) is 25.9 Å². The zero-order valence-corrected chi connectivity index (χ0v) is 17.0. The maximum absolute atomic E-state index is 12.2. The van der Waals surface area contributed by atoms with E-state index in [9.17, 15) is 9.59 Å². The molecule has 0 fully saturated rings. The van der Waals surface area contributed by atoms with Crippen LogP contribution in [-0.2, 0) is 28.2 Å². The molecule has 0 aliphatic heterocycles. The van der Waals surface area contributed by atoms with Crippen molar-refractivity contribution in [2.24, 2.45) is 0 Å². The minimum atomic E-state index is -2.10. The van der Waals surface area contributed by atoms with Gasteiger partial charge in [-0.2, -0.15) is 0 Å². The van der Waals surface area contributed by atoms with Crippen molar-refractivity contribution >= 4 is 20.3 Å². The van der Waals surface area contributed by atoms with Crippen LogP contribution in [0.4, 0.5) is 0 Å². The molecule has 1 aliphatic carbocycles. The molecule has 0 N–H and O–H groups in total. The van der Waals surface area contributed by atoms with Gasteiger partial charge < -0.3 is 18.6 Å². The highest BCUT2D eigenvalue weighted by Gasteiger charge is 2.41.